The Morgan fingerprint density at radius 1 is 1.29 bits per heavy atom. The van der Waals surface area contributed by atoms with Gasteiger partial charge in [-0.1, -0.05) is 23.5 Å². The van der Waals surface area contributed by atoms with Crippen LogP contribution in [0.1, 0.15) is 12.5 Å². The highest BCUT2D eigenvalue weighted by atomic mass is 32.1. The van der Waals surface area contributed by atoms with Gasteiger partial charge in [0.05, 0.1) is 22.5 Å². The van der Waals surface area contributed by atoms with E-state index in [2.05, 4.69) is 10.3 Å². The number of aryl methyl sites for hydroxylation is 1. The number of para-hydroxylation sites is 1. The Labute approximate surface area is 126 Å². The van der Waals surface area contributed by atoms with Crippen LogP contribution in [0.4, 0.5) is 15.2 Å². The van der Waals surface area contributed by atoms with E-state index in [0.29, 0.717) is 17.4 Å². The van der Waals surface area contributed by atoms with E-state index in [1.165, 1.54) is 17.4 Å². The molecule has 0 spiro atoms. The summed E-state index contributed by atoms with van der Waals surface area (Å²) in [7, 11) is 0. The van der Waals surface area contributed by atoms with E-state index >= 15 is 0 Å². The lowest BCUT2D eigenvalue weighted by Gasteiger charge is -2.07. The fourth-order valence-electron chi connectivity index (χ4n) is 2.11. The number of halogens is 1. The molecule has 3 rings (SSSR count). The maximum atomic E-state index is 13.9. The molecule has 0 saturated heterocycles. The van der Waals surface area contributed by atoms with Crippen molar-refractivity contribution >= 4 is 32.4 Å². The third-order valence-corrected chi connectivity index (χ3v) is 4.06. The summed E-state index contributed by atoms with van der Waals surface area (Å²) in [6.45, 7) is 4.45. The van der Waals surface area contributed by atoms with Crippen molar-refractivity contribution in [1.82, 2.24) is 4.98 Å². The second-order valence-electron chi connectivity index (χ2n) is 4.64. The second-order valence-corrected chi connectivity index (χ2v) is 5.67. The molecule has 5 heteroatoms. The van der Waals surface area contributed by atoms with Gasteiger partial charge in [0.1, 0.15) is 11.6 Å². The number of ether oxygens (including phenoxy) is 1. The third kappa shape index (κ3) is 2.83. The summed E-state index contributed by atoms with van der Waals surface area (Å²) in [5, 5.41) is 3.75. The molecular formula is C16H15FN2OS. The van der Waals surface area contributed by atoms with Crippen LogP contribution in [-0.2, 0) is 0 Å². The first-order valence-corrected chi connectivity index (χ1v) is 7.54. The molecule has 0 aliphatic heterocycles. The molecule has 3 nitrogen and oxygen atoms in total. The van der Waals surface area contributed by atoms with E-state index in [4.69, 9.17) is 4.74 Å². The number of benzene rings is 2. The molecule has 0 atom stereocenters. The molecule has 0 unspecified atom stereocenters. The minimum absolute atomic E-state index is 0.274. The topological polar surface area (TPSA) is 34.1 Å². The van der Waals surface area contributed by atoms with Crippen molar-refractivity contribution in [2.75, 3.05) is 11.9 Å². The summed E-state index contributed by atoms with van der Waals surface area (Å²) in [5.74, 6) is 0.548. The molecular weight excluding hydrogens is 287 g/mol. The van der Waals surface area contributed by atoms with Crippen LogP contribution in [0.25, 0.3) is 10.2 Å². The van der Waals surface area contributed by atoms with Gasteiger partial charge in [0.25, 0.3) is 0 Å². The minimum atomic E-state index is -0.274. The van der Waals surface area contributed by atoms with Crippen molar-refractivity contribution in [3.63, 3.8) is 0 Å². The van der Waals surface area contributed by atoms with Crippen LogP contribution in [0.5, 0.6) is 5.75 Å². The molecule has 0 bridgehead atoms. The highest BCUT2D eigenvalue weighted by Gasteiger charge is 2.09. The molecule has 1 N–H and O–H groups in total. The Balaban J connectivity index is 1.94. The van der Waals surface area contributed by atoms with Gasteiger partial charge < -0.3 is 10.1 Å². The number of anilines is 2. The van der Waals surface area contributed by atoms with Gasteiger partial charge >= 0.3 is 0 Å². The standard InChI is InChI=1S/C16H15FN2OS/c1-3-20-11-7-8-13-14(9-11)21-16(18-13)19-15-10(2)5-4-6-12(15)17/h4-9H,3H2,1-2H3,(H,18,19). The number of thiazole rings is 1. The quantitative estimate of drug-likeness (QED) is 0.745. The summed E-state index contributed by atoms with van der Waals surface area (Å²) < 4.78 is 20.3. The lowest BCUT2D eigenvalue weighted by molar-refractivity contribution is 0.341. The molecule has 1 aromatic heterocycles. The Bertz CT molecular complexity index is 765. The van der Waals surface area contributed by atoms with Crippen LogP contribution in [0.3, 0.4) is 0 Å². The van der Waals surface area contributed by atoms with E-state index in [-0.39, 0.29) is 5.82 Å². The Morgan fingerprint density at radius 3 is 2.90 bits per heavy atom. The fraction of sp³-hybridized carbons (Fsp3) is 0.188. The molecule has 21 heavy (non-hydrogen) atoms. The summed E-state index contributed by atoms with van der Waals surface area (Å²) in [5.41, 5.74) is 2.20. The molecule has 3 aromatic rings. The predicted octanol–water partition coefficient (Wildman–Crippen LogP) is 4.89. The van der Waals surface area contributed by atoms with E-state index in [1.54, 1.807) is 6.07 Å². The van der Waals surface area contributed by atoms with Crippen molar-refractivity contribution in [2.24, 2.45) is 0 Å². The van der Waals surface area contributed by atoms with Gasteiger partial charge in [-0.2, -0.15) is 0 Å². The zero-order valence-corrected chi connectivity index (χ0v) is 12.6. The Morgan fingerprint density at radius 2 is 2.14 bits per heavy atom. The van der Waals surface area contributed by atoms with E-state index in [9.17, 15) is 4.39 Å². The molecule has 0 amide bonds. The number of hydrogen-bond donors (Lipinski definition) is 1. The van der Waals surface area contributed by atoms with Gasteiger partial charge in [-0.05, 0) is 43.7 Å². The summed E-state index contributed by atoms with van der Waals surface area (Å²) in [4.78, 5) is 4.48. The molecule has 1 heterocycles. The van der Waals surface area contributed by atoms with E-state index in [0.717, 1.165) is 21.5 Å². The number of nitrogens with one attached hydrogen (secondary N) is 1. The van der Waals surface area contributed by atoms with Crippen molar-refractivity contribution in [3.8, 4) is 5.75 Å². The lowest BCUT2D eigenvalue weighted by Crippen LogP contribution is -1.95. The van der Waals surface area contributed by atoms with Crippen LogP contribution in [0.2, 0.25) is 0 Å². The largest absolute Gasteiger partial charge is 0.494 e. The molecule has 0 fully saturated rings. The zero-order chi connectivity index (χ0) is 14.8. The molecule has 108 valence electrons. The van der Waals surface area contributed by atoms with Gasteiger partial charge in [-0.3, -0.25) is 0 Å². The van der Waals surface area contributed by atoms with Crippen LogP contribution < -0.4 is 10.1 Å². The smallest absolute Gasteiger partial charge is 0.188 e. The van der Waals surface area contributed by atoms with Crippen LogP contribution in [0.15, 0.2) is 36.4 Å². The van der Waals surface area contributed by atoms with E-state index in [1.807, 2.05) is 38.1 Å². The van der Waals surface area contributed by atoms with Crippen LogP contribution in [-0.4, -0.2) is 11.6 Å². The number of fused-ring (bicyclic) bond motifs is 1. The normalized spacial score (nSPS) is 10.8. The molecule has 0 saturated carbocycles. The van der Waals surface area contributed by atoms with Crippen molar-refractivity contribution in [1.29, 1.82) is 0 Å². The Kier molecular flexibility index (Phi) is 3.75. The van der Waals surface area contributed by atoms with Crippen molar-refractivity contribution in [2.45, 2.75) is 13.8 Å². The average molecular weight is 302 g/mol. The molecule has 0 aliphatic rings. The van der Waals surface area contributed by atoms with E-state index < -0.39 is 0 Å². The lowest BCUT2D eigenvalue weighted by atomic mass is 10.2. The van der Waals surface area contributed by atoms with Gasteiger partial charge in [-0.25, -0.2) is 9.37 Å². The Hall–Kier alpha value is -2.14. The van der Waals surface area contributed by atoms with Crippen molar-refractivity contribution < 1.29 is 9.13 Å². The fourth-order valence-corrected chi connectivity index (χ4v) is 3.01. The maximum absolute atomic E-state index is 13.9. The molecule has 0 aliphatic carbocycles. The van der Waals surface area contributed by atoms with Gasteiger partial charge in [0.15, 0.2) is 5.13 Å². The highest BCUT2D eigenvalue weighted by molar-refractivity contribution is 7.22. The SMILES string of the molecule is CCOc1ccc2nc(Nc3c(C)cccc3F)sc2c1. The second kappa shape index (κ2) is 5.69. The number of hydrogen-bond acceptors (Lipinski definition) is 4. The molecule has 0 radical (unpaired) electrons. The number of aromatic nitrogens is 1. The van der Waals surface area contributed by atoms with Gasteiger partial charge in [0, 0.05) is 0 Å². The third-order valence-electron chi connectivity index (χ3n) is 3.12. The first kappa shape index (κ1) is 13.8. The number of rotatable bonds is 4. The minimum Gasteiger partial charge on any atom is -0.494 e. The first-order chi connectivity index (χ1) is 10.2. The van der Waals surface area contributed by atoms with Gasteiger partial charge in [-0.15, -0.1) is 0 Å². The maximum Gasteiger partial charge on any atom is 0.188 e. The monoisotopic (exact) mass is 302 g/mol. The van der Waals surface area contributed by atoms with Crippen LogP contribution >= 0.6 is 11.3 Å². The summed E-state index contributed by atoms with van der Waals surface area (Å²) in [6.07, 6.45) is 0. The molecule has 2 aromatic carbocycles. The van der Waals surface area contributed by atoms with Crippen LogP contribution in [0, 0.1) is 12.7 Å². The highest BCUT2D eigenvalue weighted by Crippen LogP contribution is 2.32. The average Bonchev–Trinajstić information content (AvgIpc) is 2.85. The zero-order valence-electron chi connectivity index (χ0n) is 11.8. The van der Waals surface area contributed by atoms with Crippen molar-refractivity contribution in [3.05, 3.63) is 47.8 Å². The first-order valence-electron chi connectivity index (χ1n) is 6.73. The summed E-state index contributed by atoms with van der Waals surface area (Å²) in [6, 6.07) is 10.8. The predicted molar refractivity (Wildman–Crippen MR) is 85.2 cm³/mol. The summed E-state index contributed by atoms with van der Waals surface area (Å²) >= 11 is 1.48. The van der Waals surface area contributed by atoms with Gasteiger partial charge in [0.2, 0.25) is 0 Å². The number of nitrogens with zero attached hydrogens (tertiary/aromatic N) is 1.